The third-order valence-electron chi connectivity index (χ3n) is 2.74. The molecule has 0 spiro atoms. The first-order chi connectivity index (χ1) is 6.95. The first kappa shape index (κ1) is 10.0. The molecule has 15 heavy (non-hydrogen) atoms. The number of benzene rings is 1. The molecule has 1 aromatic rings. The molecule has 1 aliphatic rings. The zero-order valence-corrected chi connectivity index (χ0v) is 7.71. The summed E-state index contributed by atoms with van der Waals surface area (Å²) in [7, 11) is 0. The highest BCUT2D eigenvalue weighted by Crippen LogP contribution is 2.50. The van der Waals surface area contributed by atoms with Crippen LogP contribution in [0, 0.1) is 11.6 Å². The molecular weight excluding hydrogens is 204 g/mol. The molecule has 3 nitrogen and oxygen atoms in total. The monoisotopic (exact) mass is 213 g/mol. The summed E-state index contributed by atoms with van der Waals surface area (Å²) in [5.41, 5.74) is 4.10. The maximum Gasteiger partial charge on any atom is 0.324 e. The number of aliphatic carboxylic acids is 1. The normalized spacial score (nSPS) is 28.9. The minimum Gasteiger partial charge on any atom is -0.480 e. The van der Waals surface area contributed by atoms with E-state index in [-0.39, 0.29) is 12.0 Å². The second-order valence-corrected chi connectivity index (χ2v) is 3.77. The first-order valence-corrected chi connectivity index (χ1v) is 4.42. The van der Waals surface area contributed by atoms with Crippen molar-refractivity contribution in [3.63, 3.8) is 0 Å². The van der Waals surface area contributed by atoms with Crippen LogP contribution in [0.3, 0.4) is 0 Å². The van der Waals surface area contributed by atoms with Crippen molar-refractivity contribution in [3.05, 3.63) is 35.4 Å². The largest absolute Gasteiger partial charge is 0.480 e. The van der Waals surface area contributed by atoms with E-state index in [9.17, 15) is 13.6 Å². The number of hydrogen-bond acceptors (Lipinski definition) is 2. The van der Waals surface area contributed by atoms with Crippen LogP contribution in [0.4, 0.5) is 8.78 Å². The molecule has 0 bridgehead atoms. The van der Waals surface area contributed by atoms with E-state index >= 15 is 0 Å². The van der Waals surface area contributed by atoms with Crippen molar-refractivity contribution in [2.75, 3.05) is 0 Å². The van der Waals surface area contributed by atoms with Crippen LogP contribution in [-0.2, 0) is 4.79 Å². The lowest BCUT2D eigenvalue weighted by atomic mass is 10.1. The molecule has 0 aromatic heterocycles. The number of halogens is 2. The van der Waals surface area contributed by atoms with Gasteiger partial charge in [-0.15, -0.1) is 0 Å². The van der Waals surface area contributed by atoms with Crippen molar-refractivity contribution < 1.29 is 18.7 Å². The van der Waals surface area contributed by atoms with Gasteiger partial charge in [-0.3, -0.25) is 4.79 Å². The summed E-state index contributed by atoms with van der Waals surface area (Å²) in [6, 6.07) is 2.96. The van der Waals surface area contributed by atoms with Crippen LogP contribution in [0.2, 0.25) is 0 Å². The van der Waals surface area contributed by atoms with Gasteiger partial charge in [-0.2, -0.15) is 0 Å². The molecule has 1 aromatic carbocycles. The summed E-state index contributed by atoms with van der Waals surface area (Å²) in [6.07, 6.45) is 0.142. The highest BCUT2D eigenvalue weighted by atomic mass is 19.1. The molecular formula is C10H9F2NO2. The average Bonchev–Trinajstić information content (AvgIpc) is 2.84. The Morgan fingerprint density at radius 3 is 2.73 bits per heavy atom. The van der Waals surface area contributed by atoms with Gasteiger partial charge in [0, 0.05) is 5.92 Å². The number of carboxylic acids is 1. The Morgan fingerprint density at radius 2 is 2.20 bits per heavy atom. The molecule has 1 saturated carbocycles. The maximum atomic E-state index is 13.3. The van der Waals surface area contributed by atoms with Crippen LogP contribution in [0.5, 0.6) is 0 Å². The summed E-state index contributed by atoms with van der Waals surface area (Å²) in [4.78, 5) is 10.7. The summed E-state index contributed by atoms with van der Waals surface area (Å²) in [5.74, 6) is -3.03. The van der Waals surface area contributed by atoms with Gasteiger partial charge in [-0.25, -0.2) is 8.78 Å². The predicted molar refractivity (Wildman–Crippen MR) is 48.3 cm³/mol. The second kappa shape index (κ2) is 3.00. The van der Waals surface area contributed by atoms with Gasteiger partial charge in [0.15, 0.2) is 0 Å². The van der Waals surface area contributed by atoms with Gasteiger partial charge in [0.05, 0.1) is 0 Å². The van der Waals surface area contributed by atoms with E-state index < -0.39 is 29.1 Å². The Bertz CT molecular complexity index is 435. The minimum absolute atomic E-state index is 0.0416. The van der Waals surface area contributed by atoms with Crippen molar-refractivity contribution in [1.82, 2.24) is 0 Å². The molecule has 2 atom stereocenters. The van der Waals surface area contributed by atoms with Crippen molar-refractivity contribution >= 4 is 5.97 Å². The van der Waals surface area contributed by atoms with Crippen LogP contribution in [0.25, 0.3) is 0 Å². The molecule has 3 N–H and O–H groups in total. The third-order valence-corrected chi connectivity index (χ3v) is 2.74. The maximum absolute atomic E-state index is 13.3. The van der Waals surface area contributed by atoms with Crippen LogP contribution < -0.4 is 5.73 Å². The summed E-state index contributed by atoms with van der Waals surface area (Å²) in [6.45, 7) is 0. The molecule has 0 heterocycles. The van der Waals surface area contributed by atoms with Gasteiger partial charge in [-0.05, 0) is 30.2 Å². The van der Waals surface area contributed by atoms with Gasteiger partial charge in [0.1, 0.15) is 17.2 Å². The van der Waals surface area contributed by atoms with Gasteiger partial charge < -0.3 is 10.8 Å². The fourth-order valence-electron chi connectivity index (χ4n) is 1.68. The second-order valence-electron chi connectivity index (χ2n) is 3.77. The Hall–Kier alpha value is -1.49. The minimum atomic E-state index is -1.44. The number of carboxylic acid groups (broad SMARTS) is 1. The first-order valence-electron chi connectivity index (χ1n) is 4.42. The SMILES string of the molecule is N[C@]1(C(=O)O)C[C@H]1c1cc(F)ccc1F. The van der Waals surface area contributed by atoms with E-state index in [1.165, 1.54) is 0 Å². The lowest BCUT2D eigenvalue weighted by molar-refractivity contribution is -0.139. The standard InChI is InChI=1S/C10H9F2NO2/c11-5-1-2-8(12)6(3-5)7-4-10(7,13)9(14)15/h1-3,7H,4,13H2,(H,14,15)/t7-,10+/m0/s1. The number of hydrogen-bond donors (Lipinski definition) is 2. The molecule has 1 aliphatic carbocycles. The van der Waals surface area contributed by atoms with E-state index in [2.05, 4.69) is 0 Å². The number of nitrogens with two attached hydrogens (primary N) is 1. The molecule has 0 saturated heterocycles. The molecule has 5 heteroatoms. The lowest BCUT2D eigenvalue weighted by Crippen LogP contribution is -2.34. The summed E-state index contributed by atoms with van der Waals surface area (Å²) in [5, 5.41) is 8.76. The lowest BCUT2D eigenvalue weighted by Gasteiger charge is -2.06. The van der Waals surface area contributed by atoms with Crippen molar-refractivity contribution in [2.24, 2.45) is 5.73 Å². The molecule has 0 aliphatic heterocycles. The van der Waals surface area contributed by atoms with E-state index in [0.29, 0.717) is 0 Å². The molecule has 0 radical (unpaired) electrons. The topological polar surface area (TPSA) is 63.3 Å². The predicted octanol–water partition coefficient (Wildman–Crippen LogP) is 1.23. The van der Waals surface area contributed by atoms with Gasteiger partial charge in [0.2, 0.25) is 0 Å². The Labute approximate surface area is 84.5 Å². The van der Waals surface area contributed by atoms with Crippen molar-refractivity contribution in [2.45, 2.75) is 17.9 Å². The highest BCUT2D eigenvalue weighted by Gasteiger charge is 2.59. The zero-order valence-electron chi connectivity index (χ0n) is 7.71. The van der Waals surface area contributed by atoms with E-state index in [4.69, 9.17) is 10.8 Å². The number of rotatable bonds is 2. The van der Waals surface area contributed by atoms with Crippen molar-refractivity contribution in [3.8, 4) is 0 Å². The van der Waals surface area contributed by atoms with E-state index in [1.807, 2.05) is 0 Å². The zero-order chi connectivity index (χ0) is 11.2. The summed E-state index contributed by atoms with van der Waals surface area (Å²) >= 11 is 0. The molecule has 1 fully saturated rings. The Morgan fingerprint density at radius 1 is 1.53 bits per heavy atom. The van der Waals surface area contributed by atoms with Crippen molar-refractivity contribution in [1.29, 1.82) is 0 Å². The fraction of sp³-hybridized carbons (Fsp3) is 0.300. The Balaban J connectivity index is 2.34. The van der Waals surface area contributed by atoms with Crippen LogP contribution >= 0.6 is 0 Å². The van der Waals surface area contributed by atoms with Gasteiger partial charge in [0.25, 0.3) is 0 Å². The van der Waals surface area contributed by atoms with Crippen LogP contribution in [0.15, 0.2) is 18.2 Å². The van der Waals surface area contributed by atoms with Gasteiger partial charge >= 0.3 is 5.97 Å². The van der Waals surface area contributed by atoms with E-state index in [0.717, 1.165) is 18.2 Å². The van der Waals surface area contributed by atoms with Crippen LogP contribution in [-0.4, -0.2) is 16.6 Å². The number of carbonyl (C=O) groups is 1. The summed E-state index contributed by atoms with van der Waals surface area (Å²) < 4.78 is 26.1. The van der Waals surface area contributed by atoms with E-state index in [1.54, 1.807) is 0 Å². The van der Waals surface area contributed by atoms with Gasteiger partial charge in [-0.1, -0.05) is 0 Å². The quantitative estimate of drug-likeness (QED) is 0.776. The average molecular weight is 213 g/mol. The molecule has 80 valence electrons. The third kappa shape index (κ3) is 1.48. The van der Waals surface area contributed by atoms with Crippen LogP contribution in [0.1, 0.15) is 17.9 Å². The molecule has 0 unspecified atom stereocenters. The fourth-order valence-corrected chi connectivity index (χ4v) is 1.68. The molecule has 0 amide bonds. The molecule has 2 rings (SSSR count). The highest BCUT2D eigenvalue weighted by molar-refractivity contribution is 5.84. The smallest absolute Gasteiger partial charge is 0.324 e. The Kier molecular flexibility index (Phi) is 2.01.